The topological polar surface area (TPSA) is 116 Å². The molecule has 0 radical (unpaired) electrons. The monoisotopic (exact) mass is 370 g/mol. The van der Waals surface area contributed by atoms with Crippen molar-refractivity contribution in [3.8, 4) is 0 Å². The third-order valence-electron chi connectivity index (χ3n) is 5.26. The summed E-state index contributed by atoms with van der Waals surface area (Å²) >= 11 is 0. The highest BCUT2D eigenvalue weighted by atomic mass is 16.5. The number of unbranched alkanes of at least 4 members (excludes halogenated alkanes) is 3. The molecule has 2 unspecified atom stereocenters. The van der Waals surface area contributed by atoms with E-state index in [-0.39, 0.29) is 24.3 Å². The van der Waals surface area contributed by atoms with Crippen molar-refractivity contribution in [2.45, 2.75) is 69.9 Å². The number of aliphatic hydroxyl groups excluding tert-OH is 1. The van der Waals surface area contributed by atoms with Gasteiger partial charge >= 0.3 is 12.0 Å². The van der Waals surface area contributed by atoms with Crippen LogP contribution >= 0.6 is 0 Å². The Morgan fingerprint density at radius 1 is 1.19 bits per heavy atom. The molecule has 0 aliphatic carbocycles. The molecule has 0 aromatic carbocycles. The standard InChI is InChI=1S/C18H30N2O6/c21-15(13-8-11-26-12-9-13)7-10-20-14(17(24)19-18(20)25)5-3-1-2-4-6-16(22)23/h13-15,21H,1-12H2,(H,22,23)(H,19,24,25). The van der Waals surface area contributed by atoms with Gasteiger partial charge in [0.25, 0.3) is 5.91 Å². The van der Waals surface area contributed by atoms with E-state index in [0.29, 0.717) is 39.0 Å². The first-order chi connectivity index (χ1) is 12.5. The SMILES string of the molecule is O=C(O)CCCCCCC1C(=O)NC(=O)N1CCC(O)C1CCOCC1. The molecule has 2 rings (SSSR count). The summed E-state index contributed by atoms with van der Waals surface area (Å²) < 4.78 is 5.30. The average molecular weight is 370 g/mol. The molecule has 8 heteroatoms. The number of carbonyl (C=O) groups is 3. The van der Waals surface area contributed by atoms with Gasteiger partial charge in [0.1, 0.15) is 6.04 Å². The first-order valence-corrected chi connectivity index (χ1v) is 9.58. The number of amides is 3. The Hall–Kier alpha value is -1.67. The Bertz CT molecular complexity index is 492. The Morgan fingerprint density at radius 2 is 1.88 bits per heavy atom. The second kappa shape index (κ2) is 10.5. The van der Waals surface area contributed by atoms with E-state index < -0.39 is 18.1 Å². The molecule has 2 aliphatic rings. The lowest BCUT2D eigenvalue weighted by Gasteiger charge is -2.29. The van der Waals surface area contributed by atoms with E-state index in [4.69, 9.17) is 9.84 Å². The largest absolute Gasteiger partial charge is 0.481 e. The third-order valence-corrected chi connectivity index (χ3v) is 5.26. The number of urea groups is 1. The van der Waals surface area contributed by atoms with Crippen molar-refractivity contribution < 1.29 is 29.3 Å². The number of hydrogen-bond donors (Lipinski definition) is 3. The second-order valence-corrected chi connectivity index (χ2v) is 7.16. The fraction of sp³-hybridized carbons (Fsp3) is 0.833. The number of imide groups is 1. The van der Waals surface area contributed by atoms with Crippen molar-refractivity contribution >= 4 is 17.9 Å². The predicted molar refractivity (Wildman–Crippen MR) is 93.5 cm³/mol. The van der Waals surface area contributed by atoms with Crippen molar-refractivity contribution in [3.05, 3.63) is 0 Å². The third kappa shape index (κ3) is 6.25. The van der Waals surface area contributed by atoms with Crippen molar-refractivity contribution in [1.29, 1.82) is 0 Å². The van der Waals surface area contributed by atoms with Gasteiger partial charge < -0.3 is 19.8 Å². The van der Waals surface area contributed by atoms with Crippen LogP contribution in [0.3, 0.4) is 0 Å². The molecule has 0 aromatic rings. The van der Waals surface area contributed by atoms with Crippen LogP contribution in [0.1, 0.15) is 57.8 Å². The summed E-state index contributed by atoms with van der Waals surface area (Å²) in [4.78, 5) is 36.1. The molecule has 2 fully saturated rings. The fourth-order valence-corrected chi connectivity index (χ4v) is 3.66. The zero-order chi connectivity index (χ0) is 18.9. The summed E-state index contributed by atoms with van der Waals surface area (Å²) in [5.74, 6) is -0.876. The number of hydrogen-bond acceptors (Lipinski definition) is 5. The minimum absolute atomic E-state index is 0.165. The molecular weight excluding hydrogens is 340 g/mol. The number of carboxylic acid groups (broad SMARTS) is 1. The fourth-order valence-electron chi connectivity index (χ4n) is 3.66. The molecule has 26 heavy (non-hydrogen) atoms. The highest BCUT2D eigenvalue weighted by Crippen LogP contribution is 2.23. The maximum atomic E-state index is 12.0. The normalized spacial score (nSPS) is 22.5. The number of nitrogens with zero attached hydrogens (tertiary/aromatic N) is 1. The number of ether oxygens (including phenoxy) is 1. The minimum Gasteiger partial charge on any atom is -0.481 e. The summed E-state index contributed by atoms with van der Waals surface area (Å²) in [7, 11) is 0. The number of aliphatic carboxylic acids is 1. The Labute approximate surface area is 153 Å². The molecule has 2 heterocycles. The van der Waals surface area contributed by atoms with Crippen LogP contribution < -0.4 is 5.32 Å². The lowest BCUT2D eigenvalue weighted by Crippen LogP contribution is -2.38. The highest BCUT2D eigenvalue weighted by Gasteiger charge is 2.38. The molecule has 2 atom stereocenters. The van der Waals surface area contributed by atoms with E-state index in [9.17, 15) is 19.5 Å². The van der Waals surface area contributed by atoms with Crippen LogP contribution in [0.25, 0.3) is 0 Å². The molecule has 8 nitrogen and oxygen atoms in total. The lowest BCUT2D eigenvalue weighted by molar-refractivity contribution is -0.137. The van der Waals surface area contributed by atoms with Crippen molar-refractivity contribution in [1.82, 2.24) is 10.2 Å². The zero-order valence-corrected chi connectivity index (χ0v) is 15.2. The van der Waals surface area contributed by atoms with Gasteiger partial charge in [0.2, 0.25) is 0 Å². The Balaban J connectivity index is 1.73. The summed E-state index contributed by atoms with van der Waals surface area (Å²) in [6, 6.07) is -0.867. The molecule has 148 valence electrons. The van der Waals surface area contributed by atoms with Gasteiger partial charge in [-0.15, -0.1) is 0 Å². The number of rotatable bonds is 11. The van der Waals surface area contributed by atoms with Gasteiger partial charge in [-0.05, 0) is 38.0 Å². The van der Waals surface area contributed by atoms with E-state index in [0.717, 1.165) is 32.1 Å². The van der Waals surface area contributed by atoms with E-state index in [2.05, 4.69) is 5.32 Å². The molecular formula is C18H30N2O6. The van der Waals surface area contributed by atoms with Gasteiger partial charge in [0.05, 0.1) is 6.10 Å². The lowest BCUT2D eigenvalue weighted by atomic mass is 9.92. The van der Waals surface area contributed by atoms with Crippen molar-refractivity contribution in [2.24, 2.45) is 5.92 Å². The van der Waals surface area contributed by atoms with Crippen LogP contribution in [0, 0.1) is 5.92 Å². The molecule has 3 N–H and O–H groups in total. The van der Waals surface area contributed by atoms with Gasteiger partial charge in [-0.2, -0.15) is 0 Å². The van der Waals surface area contributed by atoms with E-state index in [1.807, 2.05) is 0 Å². The summed E-state index contributed by atoms with van der Waals surface area (Å²) in [6.45, 7) is 1.68. The first-order valence-electron chi connectivity index (χ1n) is 9.58. The number of carbonyl (C=O) groups excluding carboxylic acids is 2. The van der Waals surface area contributed by atoms with Crippen LogP contribution in [0.15, 0.2) is 0 Å². The maximum Gasteiger partial charge on any atom is 0.324 e. The van der Waals surface area contributed by atoms with Gasteiger partial charge in [-0.25, -0.2) is 4.79 Å². The Morgan fingerprint density at radius 3 is 2.58 bits per heavy atom. The van der Waals surface area contributed by atoms with E-state index in [1.165, 1.54) is 4.90 Å². The van der Waals surface area contributed by atoms with Crippen molar-refractivity contribution in [3.63, 3.8) is 0 Å². The molecule has 0 bridgehead atoms. The van der Waals surface area contributed by atoms with Crippen molar-refractivity contribution in [2.75, 3.05) is 19.8 Å². The summed E-state index contributed by atoms with van der Waals surface area (Å²) in [5, 5.41) is 21.3. The highest BCUT2D eigenvalue weighted by molar-refractivity contribution is 6.04. The maximum absolute atomic E-state index is 12.0. The summed E-state index contributed by atoms with van der Waals surface area (Å²) in [6.07, 6.45) is 5.39. The zero-order valence-electron chi connectivity index (χ0n) is 15.2. The molecule has 2 saturated heterocycles. The van der Waals surface area contributed by atoms with Gasteiger partial charge in [-0.3, -0.25) is 14.9 Å². The minimum atomic E-state index is -0.792. The van der Waals surface area contributed by atoms with Crippen LogP contribution in [0.5, 0.6) is 0 Å². The van der Waals surface area contributed by atoms with Crippen LogP contribution in [0.2, 0.25) is 0 Å². The quantitative estimate of drug-likeness (QED) is 0.375. The molecule has 0 saturated carbocycles. The number of nitrogens with one attached hydrogen (secondary N) is 1. The molecule has 3 amide bonds. The van der Waals surface area contributed by atoms with Crippen LogP contribution in [-0.2, 0) is 14.3 Å². The Kier molecular flexibility index (Phi) is 8.31. The predicted octanol–water partition coefficient (Wildman–Crippen LogP) is 1.51. The van der Waals surface area contributed by atoms with E-state index in [1.54, 1.807) is 0 Å². The molecule has 2 aliphatic heterocycles. The number of aliphatic hydroxyl groups is 1. The summed E-state index contributed by atoms with van der Waals surface area (Å²) in [5.41, 5.74) is 0. The van der Waals surface area contributed by atoms with Crippen LogP contribution in [-0.4, -0.2) is 64.9 Å². The average Bonchev–Trinajstić information content (AvgIpc) is 2.89. The molecule has 0 aromatic heterocycles. The smallest absolute Gasteiger partial charge is 0.324 e. The first kappa shape index (κ1) is 20.6. The van der Waals surface area contributed by atoms with E-state index >= 15 is 0 Å². The van der Waals surface area contributed by atoms with Gasteiger partial charge in [0.15, 0.2) is 0 Å². The van der Waals surface area contributed by atoms with Gasteiger partial charge in [0, 0.05) is 26.2 Å². The molecule has 0 spiro atoms. The van der Waals surface area contributed by atoms with Crippen LogP contribution in [0.4, 0.5) is 4.79 Å². The number of carboxylic acids is 1. The second-order valence-electron chi connectivity index (χ2n) is 7.16. The van der Waals surface area contributed by atoms with Gasteiger partial charge in [-0.1, -0.05) is 19.3 Å².